The van der Waals surface area contributed by atoms with Gasteiger partial charge < -0.3 is 5.11 Å². The standard InChI is InChI=1S/C10H16N2O3S/c1-8-4-2-3-5-9(8)10(13)6-7-12-16(11,14)15/h2-5,10,12-13H,6-7H2,1H3,(H2,11,14,15). The minimum Gasteiger partial charge on any atom is -0.388 e. The van der Waals surface area contributed by atoms with Crippen LogP contribution < -0.4 is 9.86 Å². The number of aryl methyl sites for hydroxylation is 1. The second kappa shape index (κ2) is 5.40. The molecular weight excluding hydrogens is 228 g/mol. The summed E-state index contributed by atoms with van der Waals surface area (Å²) >= 11 is 0. The highest BCUT2D eigenvalue weighted by Gasteiger charge is 2.10. The van der Waals surface area contributed by atoms with Crippen LogP contribution in [0.15, 0.2) is 24.3 Å². The van der Waals surface area contributed by atoms with E-state index in [1.54, 1.807) is 0 Å². The third-order valence-corrected chi connectivity index (χ3v) is 2.87. The Hall–Kier alpha value is -0.950. The molecule has 0 heterocycles. The van der Waals surface area contributed by atoms with Crippen LogP contribution in [0.25, 0.3) is 0 Å². The quantitative estimate of drug-likeness (QED) is 0.691. The van der Waals surface area contributed by atoms with E-state index in [4.69, 9.17) is 5.14 Å². The highest BCUT2D eigenvalue weighted by atomic mass is 32.2. The molecule has 0 amide bonds. The predicted molar refractivity (Wildman–Crippen MR) is 61.9 cm³/mol. The molecule has 0 saturated heterocycles. The number of benzene rings is 1. The average Bonchev–Trinajstić information content (AvgIpc) is 2.16. The number of nitrogens with one attached hydrogen (secondary N) is 1. The highest BCUT2D eigenvalue weighted by Crippen LogP contribution is 2.19. The van der Waals surface area contributed by atoms with Gasteiger partial charge in [-0.05, 0) is 24.5 Å². The lowest BCUT2D eigenvalue weighted by Crippen LogP contribution is -2.32. The molecule has 0 aromatic heterocycles. The monoisotopic (exact) mass is 244 g/mol. The molecule has 1 unspecified atom stereocenters. The molecule has 16 heavy (non-hydrogen) atoms. The van der Waals surface area contributed by atoms with Crippen LogP contribution in [0, 0.1) is 6.92 Å². The molecule has 0 aliphatic heterocycles. The van der Waals surface area contributed by atoms with Crippen molar-refractivity contribution < 1.29 is 13.5 Å². The maximum Gasteiger partial charge on any atom is 0.274 e. The first-order valence-corrected chi connectivity index (χ1v) is 6.46. The molecule has 90 valence electrons. The molecule has 1 rings (SSSR count). The fraction of sp³-hybridized carbons (Fsp3) is 0.400. The summed E-state index contributed by atoms with van der Waals surface area (Å²) in [5, 5.41) is 14.6. The van der Waals surface area contributed by atoms with Crippen LogP contribution in [0.4, 0.5) is 0 Å². The van der Waals surface area contributed by atoms with Crippen LogP contribution >= 0.6 is 0 Å². The van der Waals surface area contributed by atoms with Gasteiger partial charge in [0, 0.05) is 6.54 Å². The number of rotatable bonds is 5. The van der Waals surface area contributed by atoms with Crippen LogP contribution in [0.3, 0.4) is 0 Å². The zero-order chi connectivity index (χ0) is 12.2. The van der Waals surface area contributed by atoms with Gasteiger partial charge in [0.15, 0.2) is 0 Å². The second-order valence-corrected chi connectivity index (χ2v) is 4.98. The minimum absolute atomic E-state index is 0.119. The molecule has 0 bridgehead atoms. The minimum atomic E-state index is -3.67. The van der Waals surface area contributed by atoms with Gasteiger partial charge in [0.1, 0.15) is 0 Å². The van der Waals surface area contributed by atoms with E-state index in [1.807, 2.05) is 31.2 Å². The Morgan fingerprint density at radius 2 is 2.06 bits per heavy atom. The summed E-state index contributed by atoms with van der Waals surface area (Å²) in [5.41, 5.74) is 1.78. The summed E-state index contributed by atoms with van der Waals surface area (Å²) in [6, 6.07) is 7.43. The maximum atomic E-state index is 10.6. The fourth-order valence-electron chi connectivity index (χ4n) is 1.45. The lowest BCUT2D eigenvalue weighted by molar-refractivity contribution is 0.168. The Labute approximate surface area is 95.5 Å². The zero-order valence-corrected chi connectivity index (χ0v) is 9.87. The average molecular weight is 244 g/mol. The number of hydrogen-bond donors (Lipinski definition) is 3. The van der Waals surface area contributed by atoms with E-state index in [0.717, 1.165) is 11.1 Å². The Balaban J connectivity index is 2.54. The van der Waals surface area contributed by atoms with Crippen molar-refractivity contribution in [2.24, 2.45) is 5.14 Å². The van der Waals surface area contributed by atoms with Gasteiger partial charge in [0.2, 0.25) is 0 Å². The van der Waals surface area contributed by atoms with Crippen LogP contribution in [0.1, 0.15) is 23.7 Å². The fourth-order valence-corrected chi connectivity index (χ4v) is 1.86. The largest absolute Gasteiger partial charge is 0.388 e. The molecule has 0 aliphatic rings. The Morgan fingerprint density at radius 1 is 1.44 bits per heavy atom. The number of nitrogens with two attached hydrogens (primary N) is 1. The van der Waals surface area contributed by atoms with Gasteiger partial charge in [-0.2, -0.15) is 8.42 Å². The van der Waals surface area contributed by atoms with Crippen molar-refractivity contribution in [2.75, 3.05) is 6.54 Å². The zero-order valence-electron chi connectivity index (χ0n) is 9.05. The number of aliphatic hydroxyl groups excluding tert-OH is 1. The molecule has 0 radical (unpaired) electrons. The molecule has 1 aromatic rings. The summed E-state index contributed by atoms with van der Waals surface area (Å²) < 4.78 is 23.3. The topological polar surface area (TPSA) is 92.4 Å². The van der Waals surface area contributed by atoms with Gasteiger partial charge in [-0.25, -0.2) is 9.86 Å². The third kappa shape index (κ3) is 4.28. The van der Waals surface area contributed by atoms with Gasteiger partial charge in [-0.1, -0.05) is 24.3 Å². The molecular formula is C10H16N2O3S. The molecule has 1 aromatic carbocycles. The number of aliphatic hydroxyl groups is 1. The van der Waals surface area contributed by atoms with Crippen LogP contribution in [0.2, 0.25) is 0 Å². The normalized spacial score (nSPS) is 13.7. The van der Waals surface area contributed by atoms with Crippen molar-refractivity contribution >= 4 is 10.2 Å². The molecule has 0 spiro atoms. The van der Waals surface area contributed by atoms with Gasteiger partial charge in [-0.3, -0.25) is 0 Å². The first-order valence-electron chi connectivity index (χ1n) is 4.91. The molecule has 0 aliphatic carbocycles. The summed E-state index contributed by atoms with van der Waals surface area (Å²) in [5.74, 6) is 0. The lowest BCUT2D eigenvalue weighted by Gasteiger charge is -2.13. The van der Waals surface area contributed by atoms with Gasteiger partial charge >= 0.3 is 0 Å². The number of hydrogen-bond acceptors (Lipinski definition) is 3. The van der Waals surface area contributed by atoms with Crippen LogP contribution in [-0.4, -0.2) is 20.1 Å². The third-order valence-electron chi connectivity index (χ3n) is 2.27. The molecule has 4 N–H and O–H groups in total. The lowest BCUT2D eigenvalue weighted by atomic mass is 10.0. The smallest absolute Gasteiger partial charge is 0.274 e. The predicted octanol–water partition coefficient (Wildman–Crippen LogP) is 0.212. The molecule has 0 saturated carbocycles. The van der Waals surface area contributed by atoms with Gasteiger partial charge in [0.05, 0.1) is 6.10 Å². The second-order valence-electron chi connectivity index (χ2n) is 3.60. The van der Waals surface area contributed by atoms with E-state index in [1.165, 1.54) is 0 Å². The Bertz CT molecular complexity index is 445. The first kappa shape index (κ1) is 13.1. The van der Waals surface area contributed by atoms with Crippen molar-refractivity contribution in [3.8, 4) is 0 Å². The van der Waals surface area contributed by atoms with Gasteiger partial charge in [-0.15, -0.1) is 0 Å². The summed E-state index contributed by atoms with van der Waals surface area (Å²) in [7, 11) is -3.67. The Kier molecular flexibility index (Phi) is 4.43. The first-order chi connectivity index (χ1) is 7.40. The molecule has 6 heteroatoms. The van der Waals surface area contributed by atoms with E-state index >= 15 is 0 Å². The molecule has 5 nitrogen and oxygen atoms in total. The van der Waals surface area contributed by atoms with E-state index in [2.05, 4.69) is 4.72 Å². The summed E-state index contributed by atoms with van der Waals surface area (Å²) in [6.07, 6.45) is -0.392. The van der Waals surface area contributed by atoms with Crippen molar-refractivity contribution in [1.82, 2.24) is 4.72 Å². The van der Waals surface area contributed by atoms with Crippen molar-refractivity contribution in [1.29, 1.82) is 0 Å². The molecule has 1 atom stereocenters. The molecule has 0 fully saturated rings. The van der Waals surface area contributed by atoms with E-state index < -0.39 is 16.3 Å². The van der Waals surface area contributed by atoms with Gasteiger partial charge in [0.25, 0.3) is 10.2 Å². The highest BCUT2D eigenvalue weighted by molar-refractivity contribution is 7.87. The van der Waals surface area contributed by atoms with E-state index in [0.29, 0.717) is 6.42 Å². The summed E-state index contributed by atoms with van der Waals surface area (Å²) in [6.45, 7) is 2.01. The van der Waals surface area contributed by atoms with Crippen molar-refractivity contribution in [2.45, 2.75) is 19.4 Å². The van der Waals surface area contributed by atoms with E-state index in [-0.39, 0.29) is 6.54 Å². The van der Waals surface area contributed by atoms with Crippen molar-refractivity contribution in [3.05, 3.63) is 35.4 Å². The maximum absolute atomic E-state index is 10.6. The van der Waals surface area contributed by atoms with Crippen molar-refractivity contribution in [3.63, 3.8) is 0 Å². The Morgan fingerprint density at radius 3 is 2.62 bits per heavy atom. The summed E-state index contributed by atoms with van der Waals surface area (Å²) in [4.78, 5) is 0. The van der Waals surface area contributed by atoms with E-state index in [9.17, 15) is 13.5 Å². The van der Waals surface area contributed by atoms with Crippen LogP contribution in [0.5, 0.6) is 0 Å². The van der Waals surface area contributed by atoms with Crippen LogP contribution in [-0.2, 0) is 10.2 Å². The SMILES string of the molecule is Cc1ccccc1C(O)CCNS(N)(=O)=O.